The summed E-state index contributed by atoms with van der Waals surface area (Å²) in [6.45, 7) is 6.84. The SMILES string of the molecule is C1CCOC1.CCCB(CC)OC. The summed E-state index contributed by atoms with van der Waals surface area (Å²) in [4.78, 5) is 0. The lowest BCUT2D eigenvalue weighted by Gasteiger charge is -2.04. The van der Waals surface area contributed by atoms with Crippen molar-refractivity contribution in [1.29, 1.82) is 0 Å². The Hall–Kier alpha value is -0.0151. The second-order valence-electron chi connectivity index (χ2n) is 3.37. The molecule has 1 aliphatic rings. The molecular formula is C10H23BO2. The normalized spacial score (nSPS) is 15.0. The van der Waals surface area contributed by atoms with Crippen LogP contribution >= 0.6 is 0 Å². The van der Waals surface area contributed by atoms with Gasteiger partial charge in [0.15, 0.2) is 0 Å². The average Bonchev–Trinajstić information content (AvgIpc) is 2.72. The van der Waals surface area contributed by atoms with Crippen LogP contribution in [0, 0.1) is 0 Å². The molecule has 1 fully saturated rings. The molecule has 0 aliphatic carbocycles. The van der Waals surface area contributed by atoms with Crippen molar-refractivity contribution in [1.82, 2.24) is 0 Å². The maximum Gasteiger partial charge on any atom is 0.292 e. The van der Waals surface area contributed by atoms with Crippen molar-refractivity contribution in [2.24, 2.45) is 0 Å². The van der Waals surface area contributed by atoms with Crippen LogP contribution in [0.15, 0.2) is 0 Å². The highest BCUT2D eigenvalue weighted by Gasteiger charge is 2.07. The zero-order valence-corrected chi connectivity index (χ0v) is 9.34. The number of hydrogen-bond donors (Lipinski definition) is 0. The van der Waals surface area contributed by atoms with E-state index in [1.54, 1.807) is 7.11 Å². The summed E-state index contributed by atoms with van der Waals surface area (Å²) in [6.07, 6.45) is 6.13. The molecule has 0 aromatic carbocycles. The lowest BCUT2D eigenvalue weighted by atomic mass is 9.61. The molecule has 78 valence electrons. The van der Waals surface area contributed by atoms with E-state index >= 15 is 0 Å². The molecule has 0 saturated carbocycles. The summed E-state index contributed by atoms with van der Waals surface area (Å²) in [5.41, 5.74) is 0. The smallest absolute Gasteiger partial charge is 0.292 e. The molecule has 0 aromatic rings. The predicted octanol–water partition coefficient (Wildman–Crippen LogP) is 2.85. The molecule has 1 heterocycles. The summed E-state index contributed by atoms with van der Waals surface area (Å²) in [7, 11) is 1.78. The van der Waals surface area contributed by atoms with Crippen molar-refractivity contribution >= 4 is 6.92 Å². The summed E-state index contributed by atoms with van der Waals surface area (Å²) in [6, 6.07) is 0. The topological polar surface area (TPSA) is 18.5 Å². The summed E-state index contributed by atoms with van der Waals surface area (Å²) < 4.78 is 10.1. The maximum atomic E-state index is 5.14. The molecule has 0 N–H and O–H groups in total. The van der Waals surface area contributed by atoms with Crippen LogP contribution in [-0.4, -0.2) is 27.2 Å². The van der Waals surface area contributed by atoms with Crippen molar-refractivity contribution in [2.45, 2.75) is 45.8 Å². The van der Waals surface area contributed by atoms with Crippen LogP contribution < -0.4 is 0 Å². The average molecular weight is 186 g/mol. The number of ether oxygens (including phenoxy) is 1. The molecule has 3 heteroatoms. The maximum absolute atomic E-state index is 5.14. The van der Waals surface area contributed by atoms with Gasteiger partial charge >= 0.3 is 0 Å². The standard InChI is InChI=1S/C6H15BO.C4H8O/c1-4-6-7(5-2)8-3;1-2-4-5-3-1/h4-6H2,1-3H3;1-4H2. The Labute approximate surface area is 83.1 Å². The van der Waals surface area contributed by atoms with Crippen molar-refractivity contribution in [2.75, 3.05) is 20.3 Å². The van der Waals surface area contributed by atoms with Crippen molar-refractivity contribution in [3.05, 3.63) is 0 Å². The lowest BCUT2D eigenvalue weighted by molar-refractivity contribution is 0.198. The minimum Gasteiger partial charge on any atom is -0.439 e. The highest BCUT2D eigenvalue weighted by atomic mass is 16.5. The number of rotatable bonds is 4. The molecule has 0 atom stereocenters. The largest absolute Gasteiger partial charge is 0.439 e. The van der Waals surface area contributed by atoms with E-state index in [1.165, 1.54) is 25.6 Å². The highest BCUT2D eigenvalue weighted by Crippen LogP contribution is 2.01. The van der Waals surface area contributed by atoms with Crippen molar-refractivity contribution < 1.29 is 9.39 Å². The first kappa shape index (κ1) is 13.0. The van der Waals surface area contributed by atoms with Gasteiger partial charge in [-0.05, 0) is 19.2 Å². The van der Waals surface area contributed by atoms with Gasteiger partial charge in [0.25, 0.3) is 6.92 Å². The van der Waals surface area contributed by atoms with Gasteiger partial charge in [-0.2, -0.15) is 0 Å². The Morgan fingerprint density at radius 2 is 1.85 bits per heavy atom. The van der Waals surface area contributed by atoms with Crippen molar-refractivity contribution in [3.63, 3.8) is 0 Å². The van der Waals surface area contributed by atoms with Gasteiger partial charge in [-0.25, -0.2) is 0 Å². The zero-order valence-electron chi connectivity index (χ0n) is 9.34. The van der Waals surface area contributed by atoms with Gasteiger partial charge in [0.1, 0.15) is 0 Å². The van der Waals surface area contributed by atoms with E-state index < -0.39 is 0 Å². The van der Waals surface area contributed by atoms with Gasteiger partial charge in [-0.15, -0.1) is 0 Å². The molecule has 1 aliphatic heterocycles. The lowest BCUT2D eigenvalue weighted by Crippen LogP contribution is -2.12. The van der Waals surface area contributed by atoms with Crippen LogP contribution in [0.5, 0.6) is 0 Å². The van der Waals surface area contributed by atoms with E-state index in [4.69, 9.17) is 9.39 Å². The molecule has 13 heavy (non-hydrogen) atoms. The molecule has 0 radical (unpaired) electrons. The second-order valence-corrected chi connectivity index (χ2v) is 3.37. The highest BCUT2D eigenvalue weighted by molar-refractivity contribution is 6.51. The fourth-order valence-electron chi connectivity index (χ4n) is 1.32. The van der Waals surface area contributed by atoms with Crippen LogP contribution in [0.25, 0.3) is 0 Å². The summed E-state index contributed by atoms with van der Waals surface area (Å²) in [5.74, 6) is 0. The van der Waals surface area contributed by atoms with Crippen LogP contribution in [-0.2, 0) is 9.39 Å². The third-order valence-corrected chi connectivity index (χ3v) is 2.23. The monoisotopic (exact) mass is 186 g/mol. The number of hydrogen-bond acceptors (Lipinski definition) is 2. The Morgan fingerprint density at radius 1 is 1.23 bits per heavy atom. The first-order chi connectivity index (χ1) is 6.35. The molecule has 1 rings (SSSR count). The molecule has 0 spiro atoms. The molecule has 0 aromatic heterocycles. The van der Waals surface area contributed by atoms with E-state index in [1.807, 2.05) is 0 Å². The fourth-order valence-corrected chi connectivity index (χ4v) is 1.32. The van der Waals surface area contributed by atoms with Gasteiger partial charge in [0.05, 0.1) is 0 Å². The van der Waals surface area contributed by atoms with E-state index in [9.17, 15) is 0 Å². The Balaban J connectivity index is 0.000000243. The molecule has 1 saturated heterocycles. The van der Waals surface area contributed by atoms with Crippen molar-refractivity contribution in [3.8, 4) is 0 Å². The zero-order chi connectivity index (χ0) is 9.94. The summed E-state index contributed by atoms with van der Waals surface area (Å²) >= 11 is 0. The third-order valence-electron chi connectivity index (χ3n) is 2.23. The predicted molar refractivity (Wildman–Crippen MR) is 58.4 cm³/mol. The van der Waals surface area contributed by atoms with E-state index in [0.29, 0.717) is 6.92 Å². The minimum absolute atomic E-state index is 0.500. The minimum atomic E-state index is 0.500. The van der Waals surface area contributed by atoms with Crippen LogP contribution in [0.2, 0.25) is 12.6 Å². The molecule has 0 bridgehead atoms. The second kappa shape index (κ2) is 10.1. The van der Waals surface area contributed by atoms with Crippen LogP contribution in [0.3, 0.4) is 0 Å². The van der Waals surface area contributed by atoms with E-state index in [2.05, 4.69) is 13.8 Å². The van der Waals surface area contributed by atoms with Gasteiger partial charge in [-0.1, -0.05) is 26.6 Å². The quantitative estimate of drug-likeness (QED) is 0.628. The Morgan fingerprint density at radius 3 is 2.00 bits per heavy atom. The third kappa shape index (κ3) is 8.32. The Bertz CT molecular complexity index is 83.3. The van der Waals surface area contributed by atoms with E-state index in [0.717, 1.165) is 19.5 Å². The van der Waals surface area contributed by atoms with Gasteiger partial charge in [0.2, 0.25) is 0 Å². The first-order valence-electron chi connectivity index (χ1n) is 5.45. The fraction of sp³-hybridized carbons (Fsp3) is 1.00. The molecule has 0 amide bonds. The molecular weight excluding hydrogens is 163 g/mol. The molecule has 0 unspecified atom stereocenters. The van der Waals surface area contributed by atoms with Gasteiger partial charge in [0, 0.05) is 20.3 Å². The van der Waals surface area contributed by atoms with Gasteiger partial charge < -0.3 is 9.39 Å². The molecule has 2 nitrogen and oxygen atoms in total. The van der Waals surface area contributed by atoms with Crippen LogP contribution in [0.1, 0.15) is 33.1 Å². The van der Waals surface area contributed by atoms with E-state index in [-0.39, 0.29) is 0 Å². The first-order valence-corrected chi connectivity index (χ1v) is 5.45. The Kier molecular flexibility index (Phi) is 10.1. The summed E-state index contributed by atoms with van der Waals surface area (Å²) in [5, 5.41) is 0. The van der Waals surface area contributed by atoms with Gasteiger partial charge in [-0.3, -0.25) is 0 Å². The van der Waals surface area contributed by atoms with Crippen LogP contribution in [0.4, 0.5) is 0 Å².